The van der Waals surface area contributed by atoms with Crippen molar-refractivity contribution >= 4 is 11.6 Å². The van der Waals surface area contributed by atoms with Gasteiger partial charge in [-0.1, -0.05) is 48.3 Å². The number of hydrogen-bond acceptors (Lipinski definition) is 3. The van der Waals surface area contributed by atoms with Crippen molar-refractivity contribution < 1.29 is 18.4 Å². The Hall–Kier alpha value is -2.76. The van der Waals surface area contributed by atoms with E-state index in [1.54, 1.807) is 29.2 Å². The minimum Gasteiger partial charge on any atom is -0.390 e. The second-order valence-electron chi connectivity index (χ2n) is 7.78. The molecule has 1 heterocycles. The lowest BCUT2D eigenvalue weighted by molar-refractivity contribution is -0.137. The van der Waals surface area contributed by atoms with Crippen LogP contribution in [0.5, 0.6) is 0 Å². The number of carbonyl (C=O) groups excluding carboxylic acids is 1. The topological polar surface area (TPSA) is 41.9 Å². The van der Waals surface area contributed by atoms with Gasteiger partial charge in [0, 0.05) is 24.4 Å². The van der Waals surface area contributed by atoms with Gasteiger partial charge in [-0.05, 0) is 36.6 Å². The first-order valence-corrected chi connectivity index (χ1v) is 10.1. The third-order valence-electron chi connectivity index (χ3n) is 5.62. The number of amides is 1. The zero-order valence-corrected chi connectivity index (χ0v) is 16.2. The largest absolute Gasteiger partial charge is 0.390 e. The predicted molar refractivity (Wildman–Crippen MR) is 106 cm³/mol. The zero-order valence-electron chi connectivity index (χ0n) is 16.2. The van der Waals surface area contributed by atoms with Crippen LogP contribution in [0, 0.1) is 17.6 Å². The number of nitrogens with zero attached hydrogens (tertiary/aromatic N) is 2. The summed E-state index contributed by atoms with van der Waals surface area (Å²) in [6.07, 6.45) is 3.99. The summed E-state index contributed by atoms with van der Waals surface area (Å²) in [5, 5.41) is 4.06. The Morgan fingerprint density at radius 3 is 2.66 bits per heavy atom. The van der Waals surface area contributed by atoms with E-state index in [0.29, 0.717) is 30.8 Å². The maximum atomic E-state index is 14.1. The van der Waals surface area contributed by atoms with Crippen LogP contribution in [-0.2, 0) is 16.2 Å². The molecule has 0 bridgehead atoms. The van der Waals surface area contributed by atoms with Crippen molar-refractivity contribution in [1.82, 2.24) is 4.90 Å². The molecule has 1 fully saturated rings. The highest BCUT2D eigenvalue weighted by Gasteiger charge is 2.32. The number of rotatable bonds is 6. The van der Waals surface area contributed by atoms with Gasteiger partial charge >= 0.3 is 0 Å². The lowest BCUT2D eigenvalue weighted by Crippen LogP contribution is -2.40. The van der Waals surface area contributed by atoms with Gasteiger partial charge in [0.25, 0.3) is 0 Å². The molecule has 0 radical (unpaired) electrons. The van der Waals surface area contributed by atoms with E-state index in [9.17, 15) is 13.6 Å². The first kappa shape index (κ1) is 19.6. The summed E-state index contributed by atoms with van der Waals surface area (Å²) in [7, 11) is 0. The maximum absolute atomic E-state index is 14.1. The molecule has 0 N–H and O–H groups in total. The molecule has 0 spiro atoms. The number of hydrogen-bond donors (Lipinski definition) is 0. The Kier molecular flexibility index (Phi) is 5.88. The van der Waals surface area contributed by atoms with E-state index >= 15 is 0 Å². The predicted octanol–water partition coefficient (Wildman–Crippen LogP) is 4.68. The zero-order chi connectivity index (χ0) is 20.2. The van der Waals surface area contributed by atoms with Crippen molar-refractivity contribution in [3.8, 4) is 0 Å². The molecule has 1 amide bonds. The van der Waals surface area contributed by atoms with Crippen LogP contribution < -0.4 is 0 Å². The minimum atomic E-state index is -0.344. The molecule has 29 heavy (non-hydrogen) atoms. The van der Waals surface area contributed by atoms with E-state index in [1.807, 2.05) is 6.07 Å². The average molecular weight is 398 g/mol. The lowest BCUT2D eigenvalue weighted by Gasteiger charge is -2.27. The van der Waals surface area contributed by atoms with E-state index in [-0.39, 0.29) is 29.6 Å². The Morgan fingerprint density at radius 2 is 1.90 bits per heavy atom. The summed E-state index contributed by atoms with van der Waals surface area (Å²) in [5.41, 5.74) is 1.71. The lowest BCUT2D eigenvalue weighted by atomic mass is 10.0. The number of oxime groups is 1. The molecule has 152 valence electrons. The van der Waals surface area contributed by atoms with Crippen molar-refractivity contribution in [1.29, 1.82) is 0 Å². The fraction of sp³-hybridized carbons (Fsp3) is 0.391. The van der Waals surface area contributed by atoms with Crippen LogP contribution in [0.4, 0.5) is 8.78 Å². The summed E-state index contributed by atoms with van der Waals surface area (Å²) in [6, 6.07) is 12.8. The summed E-state index contributed by atoms with van der Waals surface area (Å²) in [4.78, 5) is 20.4. The Morgan fingerprint density at radius 1 is 1.10 bits per heavy atom. The summed E-state index contributed by atoms with van der Waals surface area (Å²) in [5.74, 6) is -0.571. The van der Waals surface area contributed by atoms with Crippen LogP contribution in [0.2, 0.25) is 0 Å². The van der Waals surface area contributed by atoms with Gasteiger partial charge < -0.3 is 9.74 Å². The van der Waals surface area contributed by atoms with Gasteiger partial charge in [0.1, 0.15) is 11.6 Å². The van der Waals surface area contributed by atoms with Crippen LogP contribution >= 0.6 is 0 Å². The number of halogens is 2. The molecule has 1 atom stereocenters. The van der Waals surface area contributed by atoms with Gasteiger partial charge in [0.2, 0.25) is 5.91 Å². The van der Waals surface area contributed by atoms with Crippen LogP contribution in [0.15, 0.2) is 53.7 Å². The first-order valence-electron chi connectivity index (χ1n) is 10.1. The molecule has 2 aromatic carbocycles. The van der Waals surface area contributed by atoms with Gasteiger partial charge in [-0.25, -0.2) is 8.78 Å². The molecule has 6 heteroatoms. The van der Waals surface area contributed by atoms with E-state index < -0.39 is 0 Å². The average Bonchev–Trinajstić information content (AvgIpc) is 3.40. The first-order chi connectivity index (χ1) is 14.1. The number of carbonyl (C=O) groups is 1. The van der Waals surface area contributed by atoms with E-state index in [0.717, 1.165) is 31.2 Å². The Labute approximate surface area is 169 Å². The Balaban J connectivity index is 1.47. The molecular formula is C23H24F2N2O2. The maximum Gasteiger partial charge on any atom is 0.226 e. The molecule has 1 saturated carbocycles. The van der Waals surface area contributed by atoms with Gasteiger partial charge in [-0.15, -0.1) is 0 Å². The van der Waals surface area contributed by atoms with Crippen molar-refractivity contribution in [2.75, 3.05) is 6.54 Å². The van der Waals surface area contributed by atoms with E-state index in [2.05, 4.69) is 5.16 Å². The smallest absolute Gasteiger partial charge is 0.226 e. The molecular weight excluding hydrogens is 374 g/mol. The Bertz CT molecular complexity index is 909. The van der Waals surface area contributed by atoms with Gasteiger partial charge in [-0.2, -0.15) is 0 Å². The second-order valence-corrected chi connectivity index (χ2v) is 7.78. The van der Waals surface area contributed by atoms with Gasteiger partial charge in [-0.3, -0.25) is 4.79 Å². The fourth-order valence-electron chi connectivity index (χ4n) is 4.15. The quantitative estimate of drug-likeness (QED) is 0.709. The summed E-state index contributed by atoms with van der Waals surface area (Å²) in [6.45, 7) is 0.662. The molecule has 2 aliphatic rings. The van der Waals surface area contributed by atoms with Gasteiger partial charge in [0.15, 0.2) is 6.10 Å². The molecule has 0 saturated heterocycles. The third-order valence-corrected chi connectivity index (χ3v) is 5.62. The molecule has 2 aromatic rings. The van der Waals surface area contributed by atoms with Crippen molar-refractivity contribution in [2.45, 2.75) is 44.8 Å². The monoisotopic (exact) mass is 398 g/mol. The molecule has 1 aliphatic carbocycles. The van der Waals surface area contributed by atoms with Crippen LogP contribution in [-0.4, -0.2) is 29.2 Å². The third kappa shape index (κ3) is 4.63. The molecule has 0 aromatic heterocycles. The molecule has 4 rings (SSSR count). The molecule has 1 aliphatic heterocycles. The fourth-order valence-corrected chi connectivity index (χ4v) is 4.15. The van der Waals surface area contributed by atoms with Crippen molar-refractivity contribution in [2.24, 2.45) is 11.1 Å². The SMILES string of the molecule is O=C(C1CCCC1)N(Cc1cccc(F)c1)C[C@@H]1CC(c2ccccc2F)=NO1. The molecule has 0 unspecified atom stereocenters. The minimum absolute atomic E-state index is 0.0110. The van der Waals surface area contributed by atoms with E-state index in [1.165, 1.54) is 18.2 Å². The summed E-state index contributed by atoms with van der Waals surface area (Å²) >= 11 is 0. The van der Waals surface area contributed by atoms with Gasteiger partial charge in [0.05, 0.1) is 12.3 Å². The van der Waals surface area contributed by atoms with Crippen LogP contribution in [0.1, 0.15) is 43.2 Å². The van der Waals surface area contributed by atoms with Crippen LogP contribution in [0.3, 0.4) is 0 Å². The normalized spacial score (nSPS) is 19.1. The van der Waals surface area contributed by atoms with Crippen molar-refractivity contribution in [3.05, 3.63) is 71.3 Å². The highest BCUT2D eigenvalue weighted by Crippen LogP contribution is 2.28. The number of benzene rings is 2. The van der Waals surface area contributed by atoms with E-state index in [4.69, 9.17) is 4.84 Å². The second kappa shape index (κ2) is 8.72. The highest BCUT2D eigenvalue weighted by molar-refractivity contribution is 6.01. The summed E-state index contributed by atoms with van der Waals surface area (Å²) < 4.78 is 27.7. The molecule has 4 nitrogen and oxygen atoms in total. The van der Waals surface area contributed by atoms with Crippen molar-refractivity contribution in [3.63, 3.8) is 0 Å². The highest BCUT2D eigenvalue weighted by atomic mass is 19.1. The van der Waals surface area contributed by atoms with Crippen LogP contribution in [0.25, 0.3) is 0 Å². The standard InChI is InChI=1S/C23H24F2N2O2/c24-18-9-5-6-16(12-18)14-27(23(28)17-7-1-2-8-17)15-19-13-22(26-29-19)20-10-3-4-11-21(20)25/h3-6,9-12,17,19H,1-2,7-8,13-15H2/t19-/m0/s1.